The van der Waals surface area contributed by atoms with E-state index >= 15 is 0 Å². The molecule has 2 atom stereocenters. The van der Waals surface area contributed by atoms with Crippen molar-refractivity contribution in [1.82, 2.24) is 4.90 Å². The maximum atomic E-state index is 12.7. The summed E-state index contributed by atoms with van der Waals surface area (Å²) in [5, 5.41) is 8.78. The molecule has 5 heteroatoms. The van der Waals surface area contributed by atoms with Crippen LogP contribution in [0.3, 0.4) is 0 Å². The van der Waals surface area contributed by atoms with E-state index in [1.54, 1.807) is 24.1 Å². The Morgan fingerprint density at radius 2 is 1.95 bits per heavy atom. The summed E-state index contributed by atoms with van der Waals surface area (Å²) in [7, 11) is 1.67. The van der Waals surface area contributed by atoms with Crippen molar-refractivity contribution in [3.8, 4) is 0 Å². The normalized spacial score (nSPS) is 20.9. The van der Waals surface area contributed by atoms with Crippen molar-refractivity contribution < 1.29 is 19.1 Å². The van der Waals surface area contributed by atoms with Crippen molar-refractivity contribution in [3.63, 3.8) is 0 Å². The topological polar surface area (TPSA) is 57.6 Å². The summed E-state index contributed by atoms with van der Waals surface area (Å²) >= 11 is 0. The first-order valence-corrected chi connectivity index (χ1v) is 6.21. The quantitative estimate of drug-likeness (QED) is 0.878. The molecule has 1 aliphatic rings. The maximum Gasteiger partial charge on any atom is 0.307 e. The molecule has 0 saturated heterocycles. The Labute approximate surface area is 110 Å². The van der Waals surface area contributed by atoms with Gasteiger partial charge in [0.1, 0.15) is 5.82 Å². The van der Waals surface area contributed by atoms with Gasteiger partial charge in [0.25, 0.3) is 0 Å². The van der Waals surface area contributed by atoms with Crippen molar-refractivity contribution in [2.45, 2.75) is 12.8 Å². The number of carbonyl (C=O) groups excluding carboxylic acids is 1. The molecule has 0 aliphatic heterocycles. The lowest BCUT2D eigenvalue weighted by Gasteiger charge is -2.17. The van der Waals surface area contributed by atoms with Gasteiger partial charge in [-0.05, 0) is 30.5 Å². The molecule has 1 amide bonds. The lowest BCUT2D eigenvalue weighted by Crippen LogP contribution is -2.31. The van der Waals surface area contributed by atoms with Gasteiger partial charge in [-0.15, -0.1) is 0 Å². The highest BCUT2D eigenvalue weighted by molar-refractivity contribution is 5.89. The van der Waals surface area contributed by atoms with Crippen LogP contribution in [0.4, 0.5) is 4.39 Å². The zero-order valence-corrected chi connectivity index (χ0v) is 10.7. The van der Waals surface area contributed by atoms with Gasteiger partial charge in [0.05, 0.1) is 11.8 Å². The van der Waals surface area contributed by atoms with Crippen LogP contribution in [0.5, 0.6) is 0 Å². The number of aliphatic carboxylic acids is 1. The van der Waals surface area contributed by atoms with Crippen LogP contribution in [0.15, 0.2) is 24.3 Å². The first kappa shape index (κ1) is 13.5. The summed E-state index contributed by atoms with van der Waals surface area (Å²) in [5.74, 6) is -2.17. The summed E-state index contributed by atoms with van der Waals surface area (Å²) in [5.41, 5.74) is 0.951. The molecule has 1 fully saturated rings. The standard InChI is InChI=1S/C14H16FNO3/c1-16(13(17)11-8-12(11)14(18)19)7-6-9-2-4-10(15)5-3-9/h2-5,11-12H,6-8H2,1H3,(H,18,19)/t11-,12+/m1/s1. The van der Waals surface area contributed by atoms with Crippen molar-refractivity contribution in [3.05, 3.63) is 35.6 Å². The molecule has 1 N–H and O–H groups in total. The highest BCUT2D eigenvalue weighted by atomic mass is 19.1. The molecular weight excluding hydrogens is 249 g/mol. The third kappa shape index (κ3) is 3.30. The number of amides is 1. The van der Waals surface area contributed by atoms with Gasteiger partial charge in [-0.3, -0.25) is 9.59 Å². The summed E-state index contributed by atoms with van der Waals surface area (Å²) < 4.78 is 12.7. The minimum absolute atomic E-state index is 0.116. The van der Waals surface area contributed by atoms with Crippen LogP contribution in [-0.2, 0) is 16.0 Å². The molecule has 0 aromatic heterocycles. The van der Waals surface area contributed by atoms with Crippen LogP contribution in [0.2, 0.25) is 0 Å². The fraction of sp³-hybridized carbons (Fsp3) is 0.429. The number of benzene rings is 1. The largest absolute Gasteiger partial charge is 0.481 e. The molecule has 1 aromatic rings. The van der Waals surface area contributed by atoms with Crippen LogP contribution in [0, 0.1) is 17.7 Å². The number of hydrogen-bond acceptors (Lipinski definition) is 2. The lowest BCUT2D eigenvalue weighted by molar-refractivity contribution is -0.141. The minimum Gasteiger partial charge on any atom is -0.481 e. The number of carbonyl (C=O) groups is 2. The molecule has 19 heavy (non-hydrogen) atoms. The van der Waals surface area contributed by atoms with Gasteiger partial charge in [-0.25, -0.2) is 4.39 Å². The fourth-order valence-corrected chi connectivity index (χ4v) is 2.08. The number of rotatable bonds is 5. The van der Waals surface area contributed by atoms with E-state index in [1.807, 2.05) is 0 Å². The van der Waals surface area contributed by atoms with Crippen molar-refractivity contribution >= 4 is 11.9 Å². The number of carboxylic acids is 1. The minimum atomic E-state index is -0.898. The monoisotopic (exact) mass is 265 g/mol. The molecule has 0 spiro atoms. The molecule has 1 saturated carbocycles. The van der Waals surface area contributed by atoms with E-state index in [1.165, 1.54) is 12.1 Å². The van der Waals surface area contributed by atoms with E-state index in [9.17, 15) is 14.0 Å². The summed E-state index contributed by atoms with van der Waals surface area (Å²) in [6, 6.07) is 6.15. The van der Waals surface area contributed by atoms with Gasteiger partial charge in [0.2, 0.25) is 5.91 Å². The number of hydrogen-bond donors (Lipinski definition) is 1. The Balaban J connectivity index is 1.81. The molecule has 102 valence electrons. The molecule has 0 radical (unpaired) electrons. The van der Waals surface area contributed by atoms with E-state index in [-0.39, 0.29) is 17.6 Å². The zero-order valence-electron chi connectivity index (χ0n) is 10.7. The molecule has 0 bridgehead atoms. The van der Waals surface area contributed by atoms with E-state index < -0.39 is 11.9 Å². The van der Waals surface area contributed by atoms with E-state index in [4.69, 9.17) is 5.11 Å². The first-order chi connectivity index (χ1) is 8.99. The SMILES string of the molecule is CN(CCc1ccc(F)cc1)C(=O)[C@@H]1C[C@@H]1C(=O)O. The maximum absolute atomic E-state index is 12.7. The molecule has 4 nitrogen and oxygen atoms in total. The summed E-state index contributed by atoms with van der Waals surface area (Å²) in [6.07, 6.45) is 1.07. The number of halogens is 1. The van der Waals surface area contributed by atoms with E-state index in [0.717, 1.165) is 5.56 Å². The summed E-state index contributed by atoms with van der Waals surface area (Å²) in [4.78, 5) is 24.2. The fourth-order valence-electron chi connectivity index (χ4n) is 2.08. The van der Waals surface area contributed by atoms with Crippen LogP contribution >= 0.6 is 0 Å². The van der Waals surface area contributed by atoms with Gasteiger partial charge in [0.15, 0.2) is 0 Å². The van der Waals surface area contributed by atoms with Crippen molar-refractivity contribution in [1.29, 1.82) is 0 Å². The second kappa shape index (κ2) is 5.38. The highest BCUT2D eigenvalue weighted by Crippen LogP contribution is 2.39. The molecule has 1 aromatic carbocycles. The van der Waals surface area contributed by atoms with Gasteiger partial charge >= 0.3 is 5.97 Å². The number of carboxylic acid groups (broad SMARTS) is 1. The number of likely N-dealkylation sites (N-methyl/N-ethyl adjacent to an activating group) is 1. The van der Waals surface area contributed by atoms with Crippen LogP contribution in [0.1, 0.15) is 12.0 Å². The van der Waals surface area contributed by atoms with E-state index in [0.29, 0.717) is 19.4 Å². The predicted molar refractivity (Wildman–Crippen MR) is 67.0 cm³/mol. The first-order valence-electron chi connectivity index (χ1n) is 6.21. The second-order valence-corrected chi connectivity index (χ2v) is 4.92. The molecule has 0 unspecified atom stereocenters. The lowest BCUT2D eigenvalue weighted by atomic mass is 10.1. The Morgan fingerprint density at radius 1 is 1.32 bits per heavy atom. The van der Waals surface area contributed by atoms with Gasteiger partial charge in [0, 0.05) is 13.6 Å². The Kier molecular flexibility index (Phi) is 3.83. The van der Waals surface area contributed by atoms with Crippen LogP contribution in [-0.4, -0.2) is 35.5 Å². The average molecular weight is 265 g/mol. The zero-order chi connectivity index (χ0) is 14.0. The van der Waals surface area contributed by atoms with Gasteiger partial charge in [-0.1, -0.05) is 12.1 Å². The molecular formula is C14H16FNO3. The highest BCUT2D eigenvalue weighted by Gasteiger charge is 2.49. The van der Waals surface area contributed by atoms with E-state index in [2.05, 4.69) is 0 Å². The van der Waals surface area contributed by atoms with Gasteiger partial charge < -0.3 is 10.0 Å². The smallest absolute Gasteiger partial charge is 0.307 e. The third-order valence-electron chi connectivity index (χ3n) is 3.45. The van der Waals surface area contributed by atoms with Crippen molar-refractivity contribution in [2.24, 2.45) is 11.8 Å². The molecule has 0 heterocycles. The van der Waals surface area contributed by atoms with Crippen LogP contribution in [0.25, 0.3) is 0 Å². The third-order valence-corrected chi connectivity index (χ3v) is 3.45. The molecule has 2 rings (SSSR count). The molecule has 1 aliphatic carbocycles. The Morgan fingerprint density at radius 3 is 2.47 bits per heavy atom. The Bertz CT molecular complexity index is 486. The van der Waals surface area contributed by atoms with Crippen LogP contribution < -0.4 is 0 Å². The summed E-state index contributed by atoms with van der Waals surface area (Å²) in [6.45, 7) is 0.507. The van der Waals surface area contributed by atoms with Crippen molar-refractivity contribution in [2.75, 3.05) is 13.6 Å². The second-order valence-electron chi connectivity index (χ2n) is 4.92. The number of nitrogens with zero attached hydrogens (tertiary/aromatic N) is 1. The predicted octanol–water partition coefficient (Wildman–Crippen LogP) is 1.55. The average Bonchev–Trinajstić information content (AvgIpc) is 3.17. The Hall–Kier alpha value is -1.91. The van der Waals surface area contributed by atoms with Gasteiger partial charge in [-0.2, -0.15) is 0 Å².